The molecular weight excluding hydrogens is 380 g/mol. The van der Waals surface area contributed by atoms with Gasteiger partial charge in [-0.05, 0) is 36.5 Å². The number of aromatic amines is 1. The Hall–Kier alpha value is -2.36. The largest absolute Gasteiger partial charge is 0.491 e. The second-order valence-electron chi connectivity index (χ2n) is 5.86. The predicted octanol–water partition coefficient (Wildman–Crippen LogP) is 1.19. The highest BCUT2D eigenvalue weighted by Gasteiger charge is 2.17. The van der Waals surface area contributed by atoms with Crippen molar-refractivity contribution in [2.45, 2.75) is 12.6 Å². The molecule has 2 heterocycles. The van der Waals surface area contributed by atoms with Gasteiger partial charge in [0.05, 0.1) is 6.54 Å². The van der Waals surface area contributed by atoms with Crippen LogP contribution in [0.5, 0.6) is 5.75 Å². The van der Waals surface area contributed by atoms with Crippen LogP contribution >= 0.6 is 23.8 Å². The number of benzene rings is 1. The Morgan fingerprint density at radius 3 is 2.54 bits per heavy atom. The summed E-state index contributed by atoms with van der Waals surface area (Å²) in [4.78, 5) is 27.3. The molecule has 1 atom stereocenters. The van der Waals surface area contributed by atoms with E-state index >= 15 is 0 Å². The van der Waals surface area contributed by atoms with Crippen LogP contribution < -0.4 is 16.0 Å². The molecule has 3 aromatic rings. The lowest BCUT2D eigenvalue weighted by Gasteiger charge is -2.14. The predicted molar refractivity (Wildman–Crippen MR) is 101 cm³/mol. The highest BCUT2D eigenvalue weighted by molar-refractivity contribution is 7.71. The first-order valence-corrected chi connectivity index (χ1v) is 8.53. The molecule has 2 aromatic heterocycles. The molecule has 0 fully saturated rings. The highest BCUT2D eigenvalue weighted by Crippen LogP contribution is 2.16. The molecule has 26 heavy (non-hydrogen) atoms. The molecule has 0 unspecified atom stereocenters. The zero-order valence-corrected chi connectivity index (χ0v) is 15.7. The summed E-state index contributed by atoms with van der Waals surface area (Å²) >= 11 is 11.1. The standard InChI is InChI=1S/C16H17ClN4O4S/c1-19-13-12(14(23)20(2)16(19)24)21(15(26)18-13)7-10(22)8-25-11-5-3-9(17)4-6-11/h3-6,10,22H,7-8H2,1-2H3,(H,18,26)/t10-/m1/s1. The van der Waals surface area contributed by atoms with Gasteiger partial charge in [0, 0.05) is 19.1 Å². The molecule has 10 heteroatoms. The van der Waals surface area contributed by atoms with Crippen LogP contribution in [0.25, 0.3) is 11.2 Å². The summed E-state index contributed by atoms with van der Waals surface area (Å²) in [6.45, 7) is 0.0437. The van der Waals surface area contributed by atoms with Crippen LogP contribution in [-0.2, 0) is 20.6 Å². The minimum Gasteiger partial charge on any atom is -0.491 e. The van der Waals surface area contributed by atoms with E-state index in [0.29, 0.717) is 16.4 Å². The average molecular weight is 397 g/mol. The maximum Gasteiger partial charge on any atom is 0.332 e. The lowest BCUT2D eigenvalue weighted by atomic mass is 10.3. The van der Waals surface area contributed by atoms with Gasteiger partial charge in [0.25, 0.3) is 5.56 Å². The Balaban J connectivity index is 1.88. The fourth-order valence-corrected chi connectivity index (χ4v) is 3.03. The quantitative estimate of drug-likeness (QED) is 0.632. The van der Waals surface area contributed by atoms with Gasteiger partial charge in [-0.25, -0.2) is 4.79 Å². The number of aromatic nitrogens is 4. The molecule has 0 aliphatic carbocycles. The second-order valence-corrected chi connectivity index (χ2v) is 6.69. The Morgan fingerprint density at radius 1 is 1.23 bits per heavy atom. The fourth-order valence-electron chi connectivity index (χ4n) is 2.64. The van der Waals surface area contributed by atoms with Gasteiger partial charge >= 0.3 is 5.69 Å². The minimum atomic E-state index is -0.918. The fraction of sp³-hybridized carbons (Fsp3) is 0.312. The third kappa shape index (κ3) is 3.33. The van der Waals surface area contributed by atoms with Crippen LogP contribution in [0.3, 0.4) is 0 Å². The van der Waals surface area contributed by atoms with Crippen molar-refractivity contribution in [3.8, 4) is 5.75 Å². The van der Waals surface area contributed by atoms with E-state index in [0.717, 1.165) is 4.57 Å². The first kappa shape index (κ1) is 18.4. The van der Waals surface area contributed by atoms with E-state index in [1.807, 2.05) is 0 Å². The van der Waals surface area contributed by atoms with Gasteiger partial charge < -0.3 is 19.4 Å². The van der Waals surface area contributed by atoms with Crippen molar-refractivity contribution in [3.63, 3.8) is 0 Å². The maximum atomic E-state index is 12.5. The molecule has 0 aliphatic heterocycles. The summed E-state index contributed by atoms with van der Waals surface area (Å²) in [5, 5.41) is 10.9. The minimum absolute atomic E-state index is 0.00214. The Labute approximate surface area is 157 Å². The van der Waals surface area contributed by atoms with Gasteiger partial charge in [-0.1, -0.05) is 11.6 Å². The zero-order chi connectivity index (χ0) is 19.0. The van der Waals surface area contributed by atoms with E-state index < -0.39 is 17.4 Å². The topological polar surface area (TPSA) is 94.2 Å². The van der Waals surface area contributed by atoms with E-state index in [2.05, 4.69) is 4.98 Å². The molecular formula is C16H17ClN4O4S. The van der Waals surface area contributed by atoms with Crippen molar-refractivity contribution in [1.82, 2.24) is 18.7 Å². The Morgan fingerprint density at radius 2 is 1.88 bits per heavy atom. The number of nitrogens with zero attached hydrogens (tertiary/aromatic N) is 3. The molecule has 0 bridgehead atoms. The van der Waals surface area contributed by atoms with Crippen molar-refractivity contribution in [3.05, 3.63) is 54.9 Å². The number of rotatable bonds is 5. The molecule has 3 rings (SSSR count). The van der Waals surface area contributed by atoms with Gasteiger partial charge in [0.15, 0.2) is 10.3 Å². The van der Waals surface area contributed by atoms with Gasteiger partial charge in [0.1, 0.15) is 24.1 Å². The van der Waals surface area contributed by atoms with E-state index in [1.165, 1.54) is 16.2 Å². The lowest BCUT2D eigenvalue weighted by molar-refractivity contribution is 0.0930. The average Bonchev–Trinajstić information content (AvgIpc) is 2.94. The molecule has 8 nitrogen and oxygen atoms in total. The van der Waals surface area contributed by atoms with E-state index in [4.69, 9.17) is 28.6 Å². The number of hydrogen-bond acceptors (Lipinski definition) is 5. The molecule has 0 saturated carbocycles. The van der Waals surface area contributed by atoms with Crippen LogP contribution in [-0.4, -0.2) is 36.5 Å². The Kier molecular flexibility index (Phi) is 5.03. The van der Waals surface area contributed by atoms with Crippen molar-refractivity contribution >= 4 is 35.0 Å². The SMILES string of the molecule is Cn1c(=O)c2c([nH]c(=S)n2C[C@@H](O)COc2ccc(Cl)cc2)n(C)c1=O. The third-order valence-corrected chi connectivity index (χ3v) is 4.60. The summed E-state index contributed by atoms with van der Waals surface area (Å²) < 4.78 is 9.53. The summed E-state index contributed by atoms with van der Waals surface area (Å²) in [6.07, 6.45) is -0.918. The number of imidazole rings is 1. The Bertz CT molecular complexity index is 1130. The van der Waals surface area contributed by atoms with Crippen LogP contribution in [0.2, 0.25) is 5.02 Å². The van der Waals surface area contributed by atoms with Crippen LogP contribution in [0.4, 0.5) is 0 Å². The van der Waals surface area contributed by atoms with Crippen molar-refractivity contribution in [2.75, 3.05) is 6.61 Å². The van der Waals surface area contributed by atoms with E-state index in [1.54, 1.807) is 31.3 Å². The van der Waals surface area contributed by atoms with Gasteiger partial charge in [-0.15, -0.1) is 0 Å². The monoisotopic (exact) mass is 396 g/mol. The molecule has 2 N–H and O–H groups in total. The number of aliphatic hydroxyl groups excluding tert-OH is 1. The number of H-pyrrole nitrogens is 1. The molecule has 0 amide bonds. The molecule has 138 valence electrons. The molecule has 0 spiro atoms. The van der Waals surface area contributed by atoms with Crippen LogP contribution in [0, 0.1) is 4.77 Å². The molecule has 1 aromatic carbocycles. The smallest absolute Gasteiger partial charge is 0.332 e. The normalized spacial score (nSPS) is 12.5. The van der Waals surface area contributed by atoms with E-state index in [-0.39, 0.29) is 23.4 Å². The number of aliphatic hydroxyl groups is 1. The van der Waals surface area contributed by atoms with Crippen molar-refractivity contribution < 1.29 is 9.84 Å². The molecule has 0 saturated heterocycles. The summed E-state index contributed by atoms with van der Waals surface area (Å²) in [7, 11) is 2.93. The lowest BCUT2D eigenvalue weighted by Crippen LogP contribution is -2.38. The molecule has 0 radical (unpaired) electrons. The number of halogens is 1. The van der Waals surface area contributed by atoms with Crippen LogP contribution in [0.15, 0.2) is 33.9 Å². The van der Waals surface area contributed by atoms with E-state index in [9.17, 15) is 14.7 Å². The number of ether oxygens (including phenoxy) is 1. The van der Waals surface area contributed by atoms with Crippen LogP contribution in [0.1, 0.15) is 0 Å². The first-order valence-electron chi connectivity index (χ1n) is 7.74. The summed E-state index contributed by atoms with van der Waals surface area (Å²) in [5.74, 6) is 0.564. The highest BCUT2D eigenvalue weighted by atomic mass is 35.5. The second kappa shape index (κ2) is 7.10. The molecule has 0 aliphatic rings. The third-order valence-electron chi connectivity index (χ3n) is 4.03. The van der Waals surface area contributed by atoms with Crippen molar-refractivity contribution in [1.29, 1.82) is 0 Å². The van der Waals surface area contributed by atoms with Gasteiger partial charge in [-0.2, -0.15) is 0 Å². The van der Waals surface area contributed by atoms with Gasteiger partial charge in [-0.3, -0.25) is 13.9 Å². The van der Waals surface area contributed by atoms with Crippen molar-refractivity contribution in [2.24, 2.45) is 14.1 Å². The number of nitrogens with one attached hydrogen (secondary N) is 1. The number of aryl methyl sites for hydroxylation is 1. The summed E-state index contributed by atoms with van der Waals surface area (Å²) in [6, 6.07) is 6.75. The zero-order valence-electron chi connectivity index (χ0n) is 14.1. The first-order chi connectivity index (χ1) is 12.3. The number of fused-ring (bicyclic) bond motifs is 1. The van der Waals surface area contributed by atoms with Gasteiger partial charge in [0.2, 0.25) is 0 Å². The maximum absolute atomic E-state index is 12.5. The summed E-state index contributed by atoms with van der Waals surface area (Å²) in [5.41, 5.74) is -0.405. The number of hydrogen-bond donors (Lipinski definition) is 2.